The summed E-state index contributed by atoms with van der Waals surface area (Å²) in [5.41, 5.74) is 0.249. The van der Waals surface area contributed by atoms with E-state index in [1.165, 1.54) is 0 Å². The summed E-state index contributed by atoms with van der Waals surface area (Å²) < 4.78 is 9.08. The van der Waals surface area contributed by atoms with Crippen LogP contribution >= 0.6 is 0 Å². The number of nitrogens with zero attached hydrogens (tertiary/aromatic N) is 4. The summed E-state index contributed by atoms with van der Waals surface area (Å²) in [5, 5.41) is 7.00. The number of rotatable bonds is 0. The van der Waals surface area contributed by atoms with E-state index in [4.69, 9.17) is 0 Å². The molecule has 0 fully saturated rings. The van der Waals surface area contributed by atoms with E-state index in [1.807, 2.05) is 0 Å². The Morgan fingerprint density at radius 1 is 0.647 bits per heavy atom. The van der Waals surface area contributed by atoms with Crippen molar-refractivity contribution < 1.29 is 18.2 Å². The van der Waals surface area contributed by atoms with Crippen molar-refractivity contribution in [2.45, 2.75) is 52.6 Å². The molecule has 0 aromatic carbocycles. The monoisotopic (exact) mass is 414 g/mol. The van der Waals surface area contributed by atoms with Gasteiger partial charge in [0.05, 0.1) is 0 Å². The molecule has 4 nitrogen and oxygen atoms in total. The predicted octanol–water partition coefficient (Wildman–Crippen LogP) is 4.27. The van der Waals surface area contributed by atoms with Crippen LogP contribution in [0, 0.1) is 0 Å². The van der Waals surface area contributed by atoms with Crippen molar-refractivity contribution >= 4 is 0 Å². The molecule has 0 aliphatic rings. The predicted molar refractivity (Wildman–Crippen MR) is 74.8 cm³/mol. The minimum absolute atomic E-state index is 0.124. The molecule has 106 valence electrons. The fraction of sp³-hybridized carbons (Fsp3) is 1.00. The van der Waals surface area contributed by atoms with Crippen LogP contribution in [0.2, 0.25) is 0 Å². The third kappa shape index (κ3) is 48.6. The third-order valence-electron chi connectivity index (χ3n) is 0.629. The van der Waals surface area contributed by atoms with Crippen LogP contribution in [-0.4, -0.2) is 39.3 Å². The average Bonchev–Trinajstić information content (AvgIpc) is 2.01. The molecule has 0 spiro atoms. The summed E-state index contributed by atoms with van der Waals surface area (Å²) in [4.78, 5) is 0. The minimum Gasteiger partial charge on any atom is -0.668 e. The molecule has 0 N–H and O–H groups in total. The van der Waals surface area contributed by atoms with Gasteiger partial charge in [-0.05, 0) is 0 Å². The first kappa shape index (κ1) is 22.4. The summed E-state index contributed by atoms with van der Waals surface area (Å²) in [7, 11) is 7.00. The van der Waals surface area contributed by atoms with Crippen molar-refractivity contribution in [3.05, 3.63) is 10.6 Å². The Morgan fingerprint density at radius 2 is 0.824 bits per heavy atom. The van der Waals surface area contributed by atoms with E-state index < -0.39 is 18.2 Å². The largest absolute Gasteiger partial charge is 0.668 e. The van der Waals surface area contributed by atoms with Gasteiger partial charge in [0.25, 0.3) is 0 Å². The zero-order valence-electron chi connectivity index (χ0n) is 13.2. The van der Waals surface area contributed by atoms with Gasteiger partial charge in [0.15, 0.2) is 0 Å². The Labute approximate surface area is 117 Å². The first-order valence-electron chi connectivity index (χ1n) is 5.60. The Kier molecular flexibility index (Phi) is 16.7. The molecule has 5 heteroatoms. The van der Waals surface area contributed by atoms with Gasteiger partial charge in [0.2, 0.25) is 0 Å². The second-order valence-electron chi connectivity index (χ2n) is 5.50. The summed E-state index contributed by atoms with van der Waals surface area (Å²) in [5.74, 6) is 0. The molecular formula is C12H30N4W-2. The molecule has 17 heavy (non-hydrogen) atoms. The van der Waals surface area contributed by atoms with Gasteiger partial charge < -0.3 is 10.6 Å². The van der Waals surface area contributed by atoms with Gasteiger partial charge >= 0.3 is 77.8 Å². The minimum atomic E-state index is -0.780. The molecule has 0 aromatic heterocycles. The van der Waals surface area contributed by atoms with Gasteiger partial charge in [-0.3, -0.25) is 0 Å². The van der Waals surface area contributed by atoms with E-state index in [1.54, 1.807) is 28.2 Å². The third-order valence-corrected chi connectivity index (χ3v) is 5.15. The van der Waals surface area contributed by atoms with Crippen molar-refractivity contribution in [1.29, 1.82) is 0 Å². The maximum atomic E-state index is 4.54. The summed E-state index contributed by atoms with van der Waals surface area (Å²) in [6, 6.07) is 0. The maximum absolute atomic E-state index is 4.54. The molecule has 0 saturated heterocycles. The van der Waals surface area contributed by atoms with E-state index in [0.717, 1.165) is 0 Å². The van der Waals surface area contributed by atoms with E-state index >= 15 is 0 Å². The number of hydrogen-bond acceptors (Lipinski definition) is 2. The van der Waals surface area contributed by atoms with Gasteiger partial charge in [0.1, 0.15) is 0 Å². The standard InChI is InChI=1S/2C4H9N.2C2H6N.W/c2*1-4(2,3)5;2*1-3-2;/h2*1-3H3;2*1-2H3;/q;;2*-1;. The Bertz CT molecular complexity index is 188. The van der Waals surface area contributed by atoms with Crippen molar-refractivity contribution in [2.24, 2.45) is 6.99 Å². The smallest absolute Gasteiger partial charge is 0.162 e. The topological polar surface area (TPSA) is 52.9 Å². The van der Waals surface area contributed by atoms with Crippen molar-refractivity contribution in [3.8, 4) is 0 Å². The van der Waals surface area contributed by atoms with Crippen LogP contribution in [0.25, 0.3) is 10.6 Å². The van der Waals surface area contributed by atoms with Crippen molar-refractivity contribution in [1.82, 2.24) is 0 Å². The Hall–Kier alpha value is 0.208. The molecule has 0 aliphatic heterocycles. The zero-order chi connectivity index (χ0) is 14.5. The summed E-state index contributed by atoms with van der Waals surface area (Å²) in [6.07, 6.45) is 0. The molecular weight excluding hydrogens is 384 g/mol. The molecule has 0 amide bonds. The fourth-order valence-corrected chi connectivity index (χ4v) is 2.17. The molecule has 0 aliphatic carbocycles. The maximum Gasteiger partial charge on any atom is -0.162 e. The molecule has 0 saturated carbocycles. The van der Waals surface area contributed by atoms with Crippen LogP contribution in [0.15, 0.2) is 6.99 Å². The molecule has 0 aromatic rings. The Balaban J connectivity index is -0.000000273. The van der Waals surface area contributed by atoms with E-state index in [2.05, 4.69) is 59.2 Å². The molecule has 0 atom stereocenters. The van der Waals surface area contributed by atoms with Gasteiger partial charge in [0, 0.05) is 0 Å². The van der Waals surface area contributed by atoms with Crippen LogP contribution < -0.4 is 0 Å². The first-order chi connectivity index (χ1) is 7.54. The molecule has 0 bridgehead atoms. The summed E-state index contributed by atoms with van der Waals surface area (Å²) in [6.45, 7) is 12.8. The fourth-order valence-electron chi connectivity index (χ4n) is 0.265. The van der Waals surface area contributed by atoms with Crippen molar-refractivity contribution in [3.63, 3.8) is 0 Å². The van der Waals surface area contributed by atoms with E-state index in [9.17, 15) is 0 Å². The van der Waals surface area contributed by atoms with Crippen molar-refractivity contribution in [2.75, 3.05) is 28.2 Å². The second-order valence-corrected chi connectivity index (χ2v) is 7.40. The van der Waals surface area contributed by atoms with E-state index in [0.29, 0.717) is 0 Å². The quantitative estimate of drug-likeness (QED) is 0.569. The van der Waals surface area contributed by atoms with Crippen LogP contribution in [-0.2, 0) is 18.2 Å². The summed E-state index contributed by atoms with van der Waals surface area (Å²) >= 11 is -0.780. The average molecular weight is 414 g/mol. The first-order valence-corrected chi connectivity index (χ1v) is 8.22. The SMILES string of the molecule is CC(C)(C)[N]=[W]=[N]C(C)(C)C.C[N-]C.C[N-]C. The van der Waals surface area contributed by atoms with E-state index in [-0.39, 0.29) is 11.1 Å². The van der Waals surface area contributed by atoms with Crippen LogP contribution in [0.3, 0.4) is 0 Å². The molecule has 0 radical (unpaired) electrons. The Morgan fingerprint density at radius 3 is 0.941 bits per heavy atom. The zero-order valence-corrected chi connectivity index (χ0v) is 16.1. The normalized spacial score (nSPS) is 10.2. The second kappa shape index (κ2) is 12.7. The van der Waals surface area contributed by atoms with Crippen LogP contribution in [0.5, 0.6) is 0 Å². The van der Waals surface area contributed by atoms with Crippen LogP contribution in [0.1, 0.15) is 41.5 Å². The molecule has 0 heterocycles. The van der Waals surface area contributed by atoms with Crippen LogP contribution in [0.4, 0.5) is 0 Å². The number of hydrogen-bond donors (Lipinski definition) is 0. The van der Waals surface area contributed by atoms with Gasteiger partial charge in [-0.2, -0.15) is 28.2 Å². The molecule has 0 rings (SSSR count). The van der Waals surface area contributed by atoms with Gasteiger partial charge in [-0.15, -0.1) is 0 Å². The van der Waals surface area contributed by atoms with Gasteiger partial charge in [-0.1, -0.05) is 0 Å². The molecule has 0 unspecified atom stereocenters. The van der Waals surface area contributed by atoms with Gasteiger partial charge in [-0.25, -0.2) is 0 Å².